The van der Waals surface area contributed by atoms with Crippen LogP contribution in [0, 0.1) is 0 Å². The van der Waals surface area contributed by atoms with Crippen molar-refractivity contribution in [1.82, 2.24) is 5.32 Å². The molecule has 0 fully saturated rings. The molecule has 3 N–H and O–H groups in total. The van der Waals surface area contributed by atoms with Gasteiger partial charge in [0, 0.05) is 25.6 Å². The zero-order chi connectivity index (χ0) is 11.5. The lowest BCUT2D eigenvalue weighted by Crippen LogP contribution is -2.32. The van der Waals surface area contributed by atoms with E-state index in [9.17, 15) is 0 Å². The van der Waals surface area contributed by atoms with Gasteiger partial charge in [-0.25, -0.2) is 0 Å². The highest BCUT2D eigenvalue weighted by Crippen LogP contribution is 2.29. The Bertz CT molecular complexity index is 365. The predicted molar refractivity (Wildman–Crippen MR) is 65.6 cm³/mol. The van der Waals surface area contributed by atoms with E-state index in [0.29, 0.717) is 18.7 Å². The third-order valence-electron chi connectivity index (χ3n) is 2.97. The van der Waals surface area contributed by atoms with Gasteiger partial charge in [0.15, 0.2) is 0 Å². The van der Waals surface area contributed by atoms with Crippen molar-refractivity contribution < 1.29 is 4.74 Å². The summed E-state index contributed by atoms with van der Waals surface area (Å²) in [6.07, 6.45) is 1.34. The summed E-state index contributed by atoms with van der Waals surface area (Å²) < 4.78 is 5.67. The van der Waals surface area contributed by atoms with Gasteiger partial charge in [0.25, 0.3) is 0 Å². The fraction of sp³-hybridized carbons (Fsp3) is 0.538. The number of rotatable bonds is 4. The van der Waals surface area contributed by atoms with E-state index in [1.165, 1.54) is 11.1 Å². The Labute approximate surface area is 97.0 Å². The van der Waals surface area contributed by atoms with Crippen molar-refractivity contribution in [1.29, 1.82) is 0 Å². The summed E-state index contributed by atoms with van der Waals surface area (Å²) in [5, 5.41) is 3.39. The highest BCUT2D eigenvalue weighted by molar-refractivity contribution is 5.40. The molecule has 88 valence electrons. The SMILES string of the molecule is CC1Cc2cc(CN[C@@H](C)CN)ccc2O1. The molecule has 1 unspecified atom stereocenters. The summed E-state index contributed by atoms with van der Waals surface area (Å²) >= 11 is 0. The number of ether oxygens (including phenoxy) is 1. The largest absolute Gasteiger partial charge is 0.490 e. The Morgan fingerprint density at radius 3 is 3.12 bits per heavy atom. The van der Waals surface area contributed by atoms with Crippen molar-refractivity contribution >= 4 is 0 Å². The van der Waals surface area contributed by atoms with Gasteiger partial charge in [0.05, 0.1) is 0 Å². The molecular weight excluding hydrogens is 200 g/mol. The van der Waals surface area contributed by atoms with E-state index in [2.05, 4.69) is 37.4 Å². The third-order valence-corrected chi connectivity index (χ3v) is 2.97. The Morgan fingerprint density at radius 2 is 2.38 bits per heavy atom. The monoisotopic (exact) mass is 220 g/mol. The standard InChI is InChI=1S/C13H20N2O/c1-9(7-14)15-8-11-3-4-13-12(6-11)5-10(2)16-13/h3-4,6,9-10,15H,5,7-8,14H2,1-2H3/t9-,10?/m0/s1. The van der Waals surface area contributed by atoms with Gasteiger partial charge in [-0.2, -0.15) is 0 Å². The van der Waals surface area contributed by atoms with Crippen LogP contribution in [0.4, 0.5) is 0 Å². The Balaban J connectivity index is 2.00. The highest BCUT2D eigenvalue weighted by atomic mass is 16.5. The van der Waals surface area contributed by atoms with Gasteiger partial charge in [-0.1, -0.05) is 12.1 Å². The fourth-order valence-electron chi connectivity index (χ4n) is 1.96. The zero-order valence-corrected chi connectivity index (χ0v) is 9.99. The summed E-state index contributed by atoms with van der Waals surface area (Å²) in [5.74, 6) is 1.04. The summed E-state index contributed by atoms with van der Waals surface area (Å²) in [6.45, 7) is 5.75. The average Bonchev–Trinajstić information content (AvgIpc) is 2.65. The summed E-state index contributed by atoms with van der Waals surface area (Å²) in [7, 11) is 0. The van der Waals surface area contributed by atoms with Crippen molar-refractivity contribution in [3.63, 3.8) is 0 Å². The lowest BCUT2D eigenvalue weighted by Gasteiger charge is -2.11. The van der Waals surface area contributed by atoms with Crippen LogP contribution in [0.5, 0.6) is 5.75 Å². The van der Waals surface area contributed by atoms with Crippen LogP contribution in [0.1, 0.15) is 25.0 Å². The summed E-state index contributed by atoms with van der Waals surface area (Å²) in [5.41, 5.74) is 8.19. The third kappa shape index (κ3) is 2.54. The first-order chi connectivity index (χ1) is 7.69. The number of benzene rings is 1. The van der Waals surface area contributed by atoms with Gasteiger partial charge in [0.1, 0.15) is 11.9 Å². The summed E-state index contributed by atoms with van der Waals surface area (Å²) in [6, 6.07) is 6.79. The van der Waals surface area contributed by atoms with Crippen LogP contribution in [0.15, 0.2) is 18.2 Å². The predicted octanol–water partition coefficient (Wildman–Crippen LogP) is 1.45. The highest BCUT2D eigenvalue weighted by Gasteiger charge is 2.18. The Kier molecular flexibility index (Phi) is 3.46. The molecule has 3 heteroatoms. The molecule has 1 aromatic rings. The molecule has 0 saturated heterocycles. The second-order valence-electron chi connectivity index (χ2n) is 4.59. The van der Waals surface area contributed by atoms with Crippen molar-refractivity contribution in [3.8, 4) is 5.75 Å². The molecule has 1 aliphatic rings. The molecular formula is C13H20N2O. The Hall–Kier alpha value is -1.06. The molecule has 0 radical (unpaired) electrons. The van der Waals surface area contributed by atoms with Crippen LogP contribution in [-0.2, 0) is 13.0 Å². The maximum absolute atomic E-state index is 5.67. The van der Waals surface area contributed by atoms with E-state index in [-0.39, 0.29) is 0 Å². The van der Waals surface area contributed by atoms with Crippen LogP contribution < -0.4 is 15.8 Å². The van der Waals surface area contributed by atoms with Gasteiger partial charge >= 0.3 is 0 Å². The van der Waals surface area contributed by atoms with Crippen LogP contribution in [0.3, 0.4) is 0 Å². The van der Waals surface area contributed by atoms with Crippen molar-refractivity contribution in [2.24, 2.45) is 5.73 Å². The molecule has 1 aliphatic heterocycles. The van der Waals surface area contributed by atoms with E-state index in [1.54, 1.807) is 0 Å². The molecule has 0 saturated carbocycles. The number of hydrogen-bond acceptors (Lipinski definition) is 3. The lowest BCUT2D eigenvalue weighted by atomic mass is 10.1. The summed E-state index contributed by atoms with van der Waals surface area (Å²) in [4.78, 5) is 0. The van der Waals surface area contributed by atoms with Crippen LogP contribution in [-0.4, -0.2) is 18.7 Å². The maximum atomic E-state index is 5.67. The number of nitrogens with one attached hydrogen (secondary N) is 1. The van der Waals surface area contributed by atoms with Gasteiger partial charge in [0.2, 0.25) is 0 Å². The van der Waals surface area contributed by atoms with E-state index in [0.717, 1.165) is 18.7 Å². The smallest absolute Gasteiger partial charge is 0.123 e. The molecule has 0 spiro atoms. The minimum atomic E-state index is 0.321. The molecule has 3 nitrogen and oxygen atoms in total. The maximum Gasteiger partial charge on any atom is 0.123 e. The number of fused-ring (bicyclic) bond motifs is 1. The first kappa shape index (κ1) is 11.4. The van der Waals surface area contributed by atoms with E-state index in [1.807, 2.05) is 0 Å². The first-order valence-electron chi connectivity index (χ1n) is 5.91. The lowest BCUT2D eigenvalue weighted by molar-refractivity contribution is 0.254. The minimum Gasteiger partial charge on any atom is -0.490 e. The van der Waals surface area contributed by atoms with Crippen molar-refractivity contribution in [2.45, 2.75) is 39.0 Å². The van der Waals surface area contributed by atoms with Crippen LogP contribution >= 0.6 is 0 Å². The number of hydrogen-bond donors (Lipinski definition) is 2. The Morgan fingerprint density at radius 1 is 1.56 bits per heavy atom. The van der Waals surface area contributed by atoms with Gasteiger partial charge in [-0.05, 0) is 31.0 Å². The molecule has 2 rings (SSSR count). The first-order valence-corrected chi connectivity index (χ1v) is 5.91. The van der Waals surface area contributed by atoms with Gasteiger partial charge in [-0.3, -0.25) is 0 Å². The molecule has 0 aliphatic carbocycles. The molecule has 1 heterocycles. The van der Waals surface area contributed by atoms with Gasteiger partial charge < -0.3 is 15.8 Å². The molecule has 1 aromatic carbocycles. The topological polar surface area (TPSA) is 47.3 Å². The van der Waals surface area contributed by atoms with Crippen LogP contribution in [0.25, 0.3) is 0 Å². The van der Waals surface area contributed by atoms with E-state index in [4.69, 9.17) is 10.5 Å². The average molecular weight is 220 g/mol. The van der Waals surface area contributed by atoms with Crippen LogP contribution in [0.2, 0.25) is 0 Å². The van der Waals surface area contributed by atoms with Crippen molar-refractivity contribution in [3.05, 3.63) is 29.3 Å². The number of nitrogens with two attached hydrogens (primary N) is 1. The molecule has 0 aromatic heterocycles. The van der Waals surface area contributed by atoms with E-state index >= 15 is 0 Å². The fourth-order valence-corrected chi connectivity index (χ4v) is 1.96. The zero-order valence-electron chi connectivity index (χ0n) is 9.99. The molecule has 2 atom stereocenters. The van der Waals surface area contributed by atoms with Crippen molar-refractivity contribution in [2.75, 3.05) is 6.54 Å². The molecule has 0 amide bonds. The minimum absolute atomic E-state index is 0.321. The van der Waals surface area contributed by atoms with Gasteiger partial charge in [-0.15, -0.1) is 0 Å². The molecule has 0 bridgehead atoms. The second-order valence-corrected chi connectivity index (χ2v) is 4.59. The quantitative estimate of drug-likeness (QED) is 0.807. The normalized spacial score (nSPS) is 20.3. The second kappa shape index (κ2) is 4.85. The molecule has 16 heavy (non-hydrogen) atoms. The van der Waals surface area contributed by atoms with E-state index < -0.39 is 0 Å².